The third-order valence-corrected chi connectivity index (χ3v) is 4.49. The highest BCUT2D eigenvalue weighted by Gasteiger charge is 1.94. The van der Waals surface area contributed by atoms with Crippen LogP contribution in [0.15, 0.2) is 0 Å². The van der Waals surface area contributed by atoms with Crippen LogP contribution in [0.25, 0.3) is 0 Å². The van der Waals surface area contributed by atoms with Crippen molar-refractivity contribution in [2.45, 2.75) is 116 Å². The van der Waals surface area contributed by atoms with E-state index in [1.54, 1.807) is 0 Å². The number of unbranched alkanes of at least 4 members (excludes halogenated alkanes) is 16. The smallest absolute Gasteiger partial charge is 0.0682 e. The van der Waals surface area contributed by atoms with Gasteiger partial charge in [-0.15, -0.1) is 0 Å². The summed E-state index contributed by atoms with van der Waals surface area (Å²) in [6.07, 6.45) is 24.2. The SMILES string of the molecule is CCCCCCCCCCCCCCCCCCCONC. The van der Waals surface area contributed by atoms with E-state index < -0.39 is 0 Å². The predicted molar refractivity (Wildman–Crippen MR) is 99.2 cm³/mol. The molecule has 0 aromatic heterocycles. The van der Waals surface area contributed by atoms with Gasteiger partial charge in [-0.3, -0.25) is 0 Å². The maximum atomic E-state index is 5.11. The Bertz CT molecular complexity index is 165. The lowest BCUT2D eigenvalue weighted by Gasteiger charge is -2.04. The summed E-state index contributed by atoms with van der Waals surface area (Å²) < 4.78 is 0. The van der Waals surface area contributed by atoms with Crippen LogP contribution in [0.5, 0.6) is 0 Å². The third kappa shape index (κ3) is 19.9. The molecule has 2 nitrogen and oxygen atoms in total. The van der Waals surface area contributed by atoms with E-state index in [-0.39, 0.29) is 0 Å². The fourth-order valence-corrected chi connectivity index (χ4v) is 3.00. The Balaban J connectivity index is 2.91. The van der Waals surface area contributed by atoms with E-state index in [2.05, 4.69) is 12.4 Å². The van der Waals surface area contributed by atoms with Gasteiger partial charge in [0, 0.05) is 7.05 Å². The van der Waals surface area contributed by atoms with Crippen molar-refractivity contribution in [3.05, 3.63) is 0 Å². The molecule has 0 atom stereocenters. The molecule has 2 heteroatoms. The molecule has 0 aromatic rings. The Morgan fingerprint density at radius 3 is 1.14 bits per heavy atom. The van der Waals surface area contributed by atoms with Crippen LogP contribution >= 0.6 is 0 Å². The van der Waals surface area contributed by atoms with Crippen LogP contribution in [-0.2, 0) is 4.84 Å². The van der Waals surface area contributed by atoms with Crippen molar-refractivity contribution in [3.63, 3.8) is 0 Å². The van der Waals surface area contributed by atoms with Crippen molar-refractivity contribution in [1.29, 1.82) is 0 Å². The maximum absolute atomic E-state index is 5.11. The first-order valence-corrected chi connectivity index (χ1v) is 10.2. The molecule has 0 bridgehead atoms. The van der Waals surface area contributed by atoms with E-state index >= 15 is 0 Å². The zero-order valence-corrected chi connectivity index (χ0v) is 15.6. The van der Waals surface area contributed by atoms with Gasteiger partial charge in [-0.1, -0.05) is 110 Å². The number of hydrogen-bond acceptors (Lipinski definition) is 2. The lowest BCUT2D eigenvalue weighted by Crippen LogP contribution is -2.07. The number of nitrogens with one attached hydrogen (secondary N) is 1. The minimum atomic E-state index is 0.856. The molecule has 0 amide bonds. The molecule has 0 rings (SSSR count). The highest BCUT2D eigenvalue weighted by atomic mass is 16.6. The van der Waals surface area contributed by atoms with E-state index in [0.29, 0.717) is 0 Å². The summed E-state index contributed by atoms with van der Waals surface area (Å²) in [7, 11) is 1.83. The minimum absolute atomic E-state index is 0.856. The van der Waals surface area contributed by atoms with E-state index in [4.69, 9.17) is 4.84 Å². The first-order valence-electron chi connectivity index (χ1n) is 10.2. The van der Waals surface area contributed by atoms with Crippen molar-refractivity contribution in [1.82, 2.24) is 5.48 Å². The van der Waals surface area contributed by atoms with Gasteiger partial charge in [0.1, 0.15) is 0 Å². The summed E-state index contributed by atoms with van der Waals surface area (Å²) in [6, 6.07) is 0. The molecule has 0 heterocycles. The molecule has 0 radical (unpaired) electrons. The molecule has 0 aromatic carbocycles. The van der Waals surface area contributed by atoms with Crippen LogP contribution in [0.1, 0.15) is 116 Å². The highest BCUT2D eigenvalue weighted by Crippen LogP contribution is 2.13. The molecule has 0 saturated heterocycles. The Hall–Kier alpha value is -0.0800. The highest BCUT2D eigenvalue weighted by molar-refractivity contribution is 4.50. The Kier molecular flexibility index (Phi) is 20.8. The van der Waals surface area contributed by atoms with Crippen LogP contribution in [0.4, 0.5) is 0 Å². The average molecular weight is 314 g/mol. The molecule has 0 aliphatic rings. The first kappa shape index (κ1) is 21.9. The van der Waals surface area contributed by atoms with Crippen LogP contribution < -0.4 is 5.48 Å². The second kappa shape index (κ2) is 20.9. The monoisotopic (exact) mass is 313 g/mol. The second-order valence-electron chi connectivity index (χ2n) is 6.71. The average Bonchev–Trinajstić information content (AvgIpc) is 2.54. The first-order chi connectivity index (χ1) is 10.9. The number of rotatable bonds is 19. The molecule has 134 valence electrons. The summed E-state index contributed by atoms with van der Waals surface area (Å²) in [5, 5.41) is 0. The number of hydroxylamine groups is 1. The van der Waals surface area contributed by atoms with Gasteiger partial charge in [-0.05, 0) is 6.42 Å². The van der Waals surface area contributed by atoms with Gasteiger partial charge in [-0.25, -0.2) is 5.48 Å². The fraction of sp³-hybridized carbons (Fsp3) is 1.00. The fourth-order valence-electron chi connectivity index (χ4n) is 3.00. The van der Waals surface area contributed by atoms with Gasteiger partial charge in [-0.2, -0.15) is 0 Å². The predicted octanol–water partition coefficient (Wildman–Crippen LogP) is 6.79. The molecule has 0 aliphatic carbocycles. The molecule has 0 unspecified atom stereocenters. The lowest BCUT2D eigenvalue weighted by atomic mass is 10.0. The Morgan fingerprint density at radius 2 is 0.818 bits per heavy atom. The van der Waals surface area contributed by atoms with Crippen molar-refractivity contribution in [2.75, 3.05) is 13.7 Å². The molecule has 0 aliphatic heterocycles. The van der Waals surface area contributed by atoms with Crippen molar-refractivity contribution < 1.29 is 4.84 Å². The summed E-state index contributed by atoms with van der Waals surface area (Å²) in [4.78, 5) is 5.11. The van der Waals surface area contributed by atoms with Gasteiger partial charge < -0.3 is 4.84 Å². The summed E-state index contributed by atoms with van der Waals surface area (Å²) in [5.41, 5.74) is 2.72. The zero-order valence-electron chi connectivity index (χ0n) is 15.6. The van der Waals surface area contributed by atoms with Crippen LogP contribution in [0.3, 0.4) is 0 Å². The number of hydrogen-bond donors (Lipinski definition) is 1. The van der Waals surface area contributed by atoms with E-state index in [9.17, 15) is 0 Å². The molecule has 0 saturated carbocycles. The molecule has 1 N–H and O–H groups in total. The molecular formula is C20H43NO. The van der Waals surface area contributed by atoms with Crippen molar-refractivity contribution in [3.8, 4) is 0 Å². The van der Waals surface area contributed by atoms with Gasteiger partial charge in [0.15, 0.2) is 0 Å². The normalized spacial score (nSPS) is 11.2. The van der Waals surface area contributed by atoms with E-state index in [1.165, 1.54) is 109 Å². The van der Waals surface area contributed by atoms with Gasteiger partial charge in [0.05, 0.1) is 6.61 Å². The maximum Gasteiger partial charge on any atom is 0.0682 e. The summed E-state index contributed by atoms with van der Waals surface area (Å²) in [5.74, 6) is 0. The molecular weight excluding hydrogens is 270 g/mol. The molecule has 22 heavy (non-hydrogen) atoms. The Morgan fingerprint density at radius 1 is 0.500 bits per heavy atom. The van der Waals surface area contributed by atoms with Gasteiger partial charge in [0.2, 0.25) is 0 Å². The summed E-state index contributed by atoms with van der Waals surface area (Å²) >= 11 is 0. The molecule has 0 spiro atoms. The van der Waals surface area contributed by atoms with E-state index in [0.717, 1.165) is 6.61 Å². The van der Waals surface area contributed by atoms with Crippen molar-refractivity contribution in [2.24, 2.45) is 0 Å². The van der Waals surface area contributed by atoms with Crippen molar-refractivity contribution >= 4 is 0 Å². The minimum Gasteiger partial charge on any atom is -0.302 e. The zero-order chi connectivity index (χ0) is 16.1. The van der Waals surface area contributed by atoms with Crippen LogP contribution in [0, 0.1) is 0 Å². The topological polar surface area (TPSA) is 21.3 Å². The third-order valence-electron chi connectivity index (χ3n) is 4.49. The Labute approximate surface area is 140 Å². The quantitative estimate of drug-likeness (QED) is 0.209. The summed E-state index contributed by atoms with van der Waals surface area (Å²) in [6.45, 7) is 3.15. The molecule has 0 fully saturated rings. The van der Waals surface area contributed by atoms with Crippen LogP contribution in [0.2, 0.25) is 0 Å². The lowest BCUT2D eigenvalue weighted by molar-refractivity contribution is 0.0550. The van der Waals surface area contributed by atoms with Gasteiger partial charge in [0.25, 0.3) is 0 Å². The van der Waals surface area contributed by atoms with Crippen LogP contribution in [-0.4, -0.2) is 13.7 Å². The second-order valence-corrected chi connectivity index (χ2v) is 6.71. The van der Waals surface area contributed by atoms with Gasteiger partial charge >= 0.3 is 0 Å². The largest absolute Gasteiger partial charge is 0.302 e. The van der Waals surface area contributed by atoms with E-state index in [1.807, 2.05) is 7.05 Å². The standard InChI is InChI=1S/C20H43NO/c1-3-4-5-6-7-8-9-10-11-12-13-14-15-16-17-18-19-20-22-21-2/h21H,3-20H2,1-2H3.